The summed E-state index contributed by atoms with van der Waals surface area (Å²) in [6, 6.07) is 7.04. The smallest absolute Gasteiger partial charge is 0.251 e. The Morgan fingerprint density at radius 1 is 1.25 bits per heavy atom. The Labute approximate surface area is 119 Å². The van der Waals surface area contributed by atoms with Crippen molar-refractivity contribution in [1.29, 1.82) is 0 Å². The minimum absolute atomic E-state index is 0.0507. The van der Waals surface area contributed by atoms with Crippen molar-refractivity contribution < 1.29 is 9.59 Å². The number of hydrogen-bond donors (Lipinski definition) is 3. The minimum atomic E-state index is -0.120. The van der Waals surface area contributed by atoms with Gasteiger partial charge in [-0.25, -0.2) is 0 Å². The summed E-state index contributed by atoms with van der Waals surface area (Å²) >= 11 is 0. The fourth-order valence-corrected chi connectivity index (χ4v) is 1.87. The van der Waals surface area contributed by atoms with E-state index in [1.54, 1.807) is 24.3 Å². The van der Waals surface area contributed by atoms with Gasteiger partial charge in [0, 0.05) is 30.3 Å². The molecule has 2 amide bonds. The van der Waals surface area contributed by atoms with Crippen LogP contribution in [0.25, 0.3) is 0 Å². The molecule has 108 valence electrons. The molecule has 0 saturated heterocycles. The first-order valence-corrected chi connectivity index (χ1v) is 7.10. The molecule has 0 spiro atoms. The molecule has 1 aliphatic carbocycles. The number of carbonyl (C=O) groups is 2. The summed E-state index contributed by atoms with van der Waals surface area (Å²) in [6.45, 7) is 4.25. The van der Waals surface area contributed by atoms with Crippen LogP contribution < -0.4 is 16.0 Å². The van der Waals surface area contributed by atoms with Crippen molar-refractivity contribution in [3.05, 3.63) is 29.8 Å². The van der Waals surface area contributed by atoms with Crippen molar-refractivity contribution in [3.63, 3.8) is 0 Å². The number of likely N-dealkylation sites (N-methyl/N-ethyl adjacent to an activating group) is 1. The van der Waals surface area contributed by atoms with Crippen molar-refractivity contribution in [1.82, 2.24) is 10.6 Å². The van der Waals surface area contributed by atoms with Gasteiger partial charge in [0.2, 0.25) is 5.91 Å². The van der Waals surface area contributed by atoms with Crippen molar-refractivity contribution in [2.75, 3.05) is 25.0 Å². The summed E-state index contributed by atoms with van der Waals surface area (Å²) < 4.78 is 0. The lowest BCUT2D eigenvalue weighted by Crippen LogP contribution is -2.31. The van der Waals surface area contributed by atoms with Gasteiger partial charge in [0.25, 0.3) is 5.91 Å². The predicted octanol–water partition coefficient (Wildman–Crippen LogP) is 1.37. The molecule has 1 aromatic rings. The third-order valence-electron chi connectivity index (χ3n) is 3.18. The zero-order chi connectivity index (χ0) is 14.4. The van der Waals surface area contributed by atoms with Crippen LogP contribution in [0.5, 0.6) is 0 Å². The Hall–Kier alpha value is -1.88. The van der Waals surface area contributed by atoms with Crippen LogP contribution in [0.1, 0.15) is 30.1 Å². The van der Waals surface area contributed by atoms with Crippen LogP contribution in [-0.4, -0.2) is 31.4 Å². The van der Waals surface area contributed by atoms with E-state index in [2.05, 4.69) is 16.0 Å². The summed E-state index contributed by atoms with van der Waals surface area (Å²) in [4.78, 5) is 23.6. The normalized spacial score (nSPS) is 13.8. The second-order valence-corrected chi connectivity index (χ2v) is 4.95. The lowest BCUT2D eigenvalue weighted by Gasteiger charge is -2.08. The molecule has 5 heteroatoms. The second kappa shape index (κ2) is 7.05. The molecule has 2 rings (SSSR count). The molecule has 1 saturated carbocycles. The van der Waals surface area contributed by atoms with Crippen LogP contribution in [0.2, 0.25) is 0 Å². The highest BCUT2D eigenvalue weighted by atomic mass is 16.2. The highest BCUT2D eigenvalue weighted by molar-refractivity contribution is 5.98. The third kappa shape index (κ3) is 4.35. The van der Waals surface area contributed by atoms with Gasteiger partial charge in [-0.1, -0.05) is 13.0 Å². The Morgan fingerprint density at radius 3 is 2.75 bits per heavy atom. The van der Waals surface area contributed by atoms with Crippen molar-refractivity contribution in [2.24, 2.45) is 5.92 Å². The maximum Gasteiger partial charge on any atom is 0.251 e. The minimum Gasteiger partial charge on any atom is -0.351 e. The summed E-state index contributed by atoms with van der Waals surface area (Å²) in [7, 11) is 0. The van der Waals surface area contributed by atoms with Crippen LogP contribution in [0.4, 0.5) is 5.69 Å². The molecule has 1 fully saturated rings. The fourth-order valence-electron chi connectivity index (χ4n) is 1.87. The van der Waals surface area contributed by atoms with Gasteiger partial charge in [-0.2, -0.15) is 0 Å². The van der Waals surface area contributed by atoms with Crippen LogP contribution >= 0.6 is 0 Å². The van der Waals surface area contributed by atoms with Crippen LogP contribution in [0.15, 0.2) is 24.3 Å². The average molecular weight is 275 g/mol. The SMILES string of the molecule is CCNCCNC(=O)c1cccc(NC(=O)C2CC2)c1. The molecule has 0 aliphatic heterocycles. The van der Waals surface area contributed by atoms with Crippen molar-refractivity contribution in [2.45, 2.75) is 19.8 Å². The van der Waals surface area contributed by atoms with Gasteiger partial charge in [-0.05, 0) is 37.6 Å². The Kier molecular flexibility index (Phi) is 5.12. The second-order valence-electron chi connectivity index (χ2n) is 4.95. The summed E-state index contributed by atoms with van der Waals surface area (Å²) in [5, 5.41) is 8.82. The number of carbonyl (C=O) groups excluding carboxylic acids is 2. The molecule has 20 heavy (non-hydrogen) atoms. The fraction of sp³-hybridized carbons (Fsp3) is 0.467. The first-order valence-electron chi connectivity index (χ1n) is 7.10. The summed E-state index contributed by atoms with van der Waals surface area (Å²) in [5.74, 6) is 0.0905. The molecule has 1 aliphatic rings. The van der Waals surface area contributed by atoms with E-state index in [4.69, 9.17) is 0 Å². The van der Waals surface area contributed by atoms with E-state index < -0.39 is 0 Å². The predicted molar refractivity (Wildman–Crippen MR) is 78.7 cm³/mol. The zero-order valence-corrected chi connectivity index (χ0v) is 11.7. The van der Waals surface area contributed by atoms with Gasteiger partial charge < -0.3 is 16.0 Å². The number of benzene rings is 1. The molecule has 0 bridgehead atoms. The lowest BCUT2D eigenvalue weighted by atomic mass is 10.2. The van der Waals surface area contributed by atoms with Gasteiger partial charge in [-0.3, -0.25) is 9.59 Å². The lowest BCUT2D eigenvalue weighted by molar-refractivity contribution is -0.117. The van der Waals surface area contributed by atoms with Crippen LogP contribution in [0, 0.1) is 5.92 Å². The van der Waals surface area contributed by atoms with Gasteiger partial charge in [0.15, 0.2) is 0 Å². The molecule has 3 N–H and O–H groups in total. The topological polar surface area (TPSA) is 70.2 Å². The number of anilines is 1. The maximum atomic E-state index is 11.9. The highest BCUT2D eigenvalue weighted by Gasteiger charge is 2.29. The van der Waals surface area contributed by atoms with E-state index in [1.807, 2.05) is 6.92 Å². The third-order valence-corrected chi connectivity index (χ3v) is 3.18. The summed E-state index contributed by atoms with van der Waals surface area (Å²) in [5.41, 5.74) is 1.25. The summed E-state index contributed by atoms with van der Waals surface area (Å²) in [6.07, 6.45) is 1.94. The van der Waals surface area contributed by atoms with E-state index in [9.17, 15) is 9.59 Å². The zero-order valence-electron chi connectivity index (χ0n) is 11.7. The van der Waals surface area contributed by atoms with E-state index in [0.29, 0.717) is 17.8 Å². The van der Waals surface area contributed by atoms with Gasteiger partial charge in [0.1, 0.15) is 0 Å². The molecule has 0 heterocycles. The first-order chi connectivity index (χ1) is 9.70. The van der Waals surface area contributed by atoms with Gasteiger partial charge in [-0.15, -0.1) is 0 Å². The molecule has 0 radical (unpaired) electrons. The molecular formula is C15H21N3O2. The number of nitrogens with one attached hydrogen (secondary N) is 3. The first kappa shape index (κ1) is 14.5. The monoisotopic (exact) mass is 275 g/mol. The molecule has 1 aromatic carbocycles. The number of amides is 2. The van der Waals surface area contributed by atoms with E-state index in [1.165, 1.54) is 0 Å². The quantitative estimate of drug-likeness (QED) is 0.658. The van der Waals surface area contributed by atoms with Crippen molar-refractivity contribution in [3.8, 4) is 0 Å². The maximum absolute atomic E-state index is 11.9. The number of rotatable bonds is 7. The molecular weight excluding hydrogens is 254 g/mol. The van der Waals surface area contributed by atoms with Crippen LogP contribution in [-0.2, 0) is 4.79 Å². The van der Waals surface area contributed by atoms with Gasteiger partial charge >= 0.3 is 0 Å². The Balaban J connectivity index is 1.87. The molecule has 0 atom stereocenters. The molecule has 5 nitrogen and oxygen atoms in total. The Bertz CT molecular complexity index is 484. The standard InChI is InChI=1S/C15H21N3O2/c1-2-16-8-9-17-14(19)12-4-3-5-13(10-12)18-15(20)11-6-7-11/h3-5,10-11,16H,2,6-9H2,1H3,(H,17,19)(H,18,20). The van der Waals surface area contributed by atoms with E-state index in [0.717, 1.165) is 25.9 Å². The van der Waals surface area contributed by atoms with E-state index in [-0.39, 0.29) is 17.7 Å². The largest absolute Gasteiger partial charge is 0.351 e. The highest BCUT2D eigenvalue weighted by Crippen LogP contribution is 2.30. The molecule has 0 unspecified atom stereocenters. The van der Waals surface area contributed by atoms with E-state index >= 15 is 0 Å². The average Bonchev–Trinajstić information content (AvgIpc) is 3.28. The van der Waals surface area contributed by atoms with Crippen molar-refractivity contribution >= 4 is 17.5 Å². The van der Waals surface area contributed by atoms with Crippen LogP contribution in [0.3, 0.4) is 0 Å². The van der Waals surface area contributed by atoms with Gasteiger partial charge in [0.05, 0.1) is 0 Å². The number of hydrogen-bond acceptors (Lipinski definition) is 3. The Morgan fingerprint density at radius 2 is 2.05 bits per heavy atom. The molecule has 0 aromatic heterocycles.